The SMILES string of the molecule is CC(=N)[C@@H](C#N)C(=O)COC(=O)c1sc(-c2cccc(Cl)c2)nc1C. The van der Waals surface area contributed by atoms with E-state index in [1.54, 1.807) is 31.2 Å². The lowest BCUT2D eigenvalue weighted by Gasteiger charge is -2.06. The van der Waals surface area contributed by atoms with Crippen LogP contribution in [0.3, 0.4) is 0 Å². The number of hydrogen-bond acceptors (Lipinski definition) is 7. The van der Waals surface area contributed by atoms with Gasteiger partial charge in [0.25, 0.3) is 0 Å². The lowest BCUT2D eigenvalue weighted by atomic mass is 10.0. The number of esters is 1. The summed E-state index contributed by atoms with van der Waals surface area (Å²) in [5.41, 5.74) is 1.18. The number of aromatic nitrogens is 1. The number of ether oxygens (including phenoxy) is 1. The Bertz CT molecular complexity index is 886. The van der Waals surface area contributed by atoms with Crippen LogP contribution in [0.2, 0.25) is 5.02 Å². The molecule has 25 heavy (non-hydrogen) atoms. The number of thiazole rings is 1. The van der Waals surface area contributed by atoms with Gasteiger partial charge in [-0.3, -0.25) is 4.79 Å². The molecule has 0 unspecified atom stereocenters. The third kappa shape index (κ3) is 4.50. The normalized spacial score (nSPS) is 11.4. The third-order valence-electron chi connectivity index (χ3n) is 3.28. The van der Waals surface area contributed by atoms with E-state index in [-0.39, 0.29) is 10.6 Å². The van der Waals surface area contributed by atoms with E-state index >= 15 is 0 Å². The van der Waals surface area contributed by atoms with E-state index in [9.17, 15) is 9.59 Å². The molecule has 0 aliphatic heterocycles. The molecular formula is C17H14ClN3O3S. The maximum absolute atomic E-state index is 12.2. The van der Waals surface area contributed by atoms with Gasteiger partial charge < -0.3 is 10.1 Å². The van der Waals surface area contributed by atoms with Gasteiger partial charge in [0.1, 0.15) is 15.8 Å². The maximum Gasteiger partial charge on any atom is 0.350 e. The van der Waals surface area contributed by atoms with Crippen LogP contribution in [0.5, 0.6) is 0 Å². The average molecular weight is 376 g/mol. The van der Waals surface area contributed by atoms with Crippen molar-refractivity contribution in [1.29, 1.82) is 10.7 Å². The second-order valence-corrected chi connectivity index (χ2v) is 6.67. The van der Waals surface area contributed by atoms with Crippen molar-refractivity contribution in [3.05, 3.63) is 39.9 Å². The van der Waals surface area contributed by atoms with E-state index in [0.717, 1.165) is 16.9 Å². The van der Waals surface area contributed by atoms with Crippen LogP contribution in [-0.4, -0.2) is 29.1 Å². The van der Waals surface area contributed by atoms with Crippen molar-refractivity contribution in [1.82, 2.24) is 4.98 Å². The Morgan fingerprint density at radius 2 is 2.20 bits per heavy atom. The molecule has 1 aromatic carbocycles. The predicted octanol–water partition coefficient (Wildman–Crippen LogP) is 3.68. The predicted molar refractivity (Wildman–Crippen MR) is 95.1 cm³/mol. The zero-order valence-electron chi connectivity index (χ0n) is 13.5. The summed E-state index contributed by atoms with van der Waals surface area (Å²) in [5, 5.41) is 17.4. The Balaban J connectivity index is 2.12. The number of benzene rings is 1. The fraction of sp³-hybridized carbons (Fsp3) is 0.235. The monoisotopic (exact) mass is 375 g/mol. The van der Waals surface area contributed by atoms with Crippen molar-refractivity contribution in [2.75, 3.05) is 6.61 Å². The van der Waals surface area contributed by atoms with Gasteiger partial charge in [-0.15, -0.1) is 11.3 Å². The van der Waals surface area contributed by atoms with E-state index < -0.39 is 24.3 Å². The van der Waals surface area contributed by atoms with Gasteiger partial charge in [-0.25, -0.2) is 9.78 Å². The molecule has 1 N–H and O–H groups in total. The highest BCUT2D eigenvalue weighted by Gasteiger charge is 2.23. The summed E-state index contributed by atoms with van der Waals surface area (Å²) in [6, 6.07) is 8.81. The smallest absolute Gasteiger partial charge is 0.350 e. The van der Waals surface area contributed by atoms with Crippen LogP contribution in [-0.2, 0) is 9.53 Å². The van der Waals surface area contributed by atoms with Crippen LogP contribution in [0.15, 0.2) is 24.3 Å². The molecular weight excluding hydrogens is 362 g/mol. The quantitative estimate of drug-likeness (QED) is 0.612. The topological polar surface area (TPSA) is 104 Å². The first-order valence-electron chi connectivity index (χ1n) is 7.21. The minimum Gasteiger partial charge on any atom is -0.453 e. The number of carbonyl (C=O) groups is 2. The number of nitrogens with one attached hydrogen (secondary N) is 1. The molecule has 0 radical (unpaired) electrons. The lowest BCUT2D eigenvalue weighted by molar-refractivity contribution is -0.122. The van der Waals surface area contributed by atoms with Crippen molar-refractivity contribution in [2.24, 2.45) is 5.92 Å². The Hall–Kier alpha value is -2.56. The van der Waals surface area contributed by atoms with Gasteiger partial charge in [0, 0.05) is 16.3 Å². The summed E-state index contributed by atoms with van der Waals surface area (Å²) < 4.78 is 4.98. The first-order chi connectivity index (χ1) is 11.8. The van der Waals surface area contributed by atoms with E-state index in [1.165, 1.54) is 6.92 Å². The second-order valence-electron chi connectivity index (χ2n) is 5.23. The van der Waals surface area contributed by atoms with Gasteiger partial charge >= 0.3 is 5.97 Å². The van der Waals surface area contributed by atoms with Crippen LogP contribution in [0.1, 0.15) is 22.3 Å². The highest BCUT2D eigenvalue weighted by molar-refractivity contribution is 7.17. The molecule has 0 saturated carbocycles. The summed E-state index contributed by atoms with van der Waals surface area (Å²) in [6.07, 6.45) is 0. The largest absolute Gasteiger partial charge is 0.453 e. The molecule has 0 spiro atoms. The highest BCUT2D eigenvalue weighted by Crippen LogP contribution is 2.29. The molecule has 1 heterocycles. The molecule has 2 rings (SSSR count). The molecule has 2 aromatic rings. The summed E-state index contributed by atoms with van der Waals surface area (Å²) in [5.74, 6) is -2.51. The van der Waals surface area contributed by atoms with Gasteiger partial charge in [-0.2, -0.15) is 5.26 Å². The number of nitriles is 1. The van der Waals surface area contributed by atoms with Crippen LogP contribution >= 0.6 is 22.9 Å². The second kappa shape index (κ2) is 8.01. The van der Waals surface area contributed by atoms with Crippen LogP contribution < -0.4 is 0 Å². The Labute approximate surface area is 153 Å². The Morgan fingerprint density at radius 3 is 2.80 bits per heavy atom. The molecule has 0 bridgehead atoms. The number of ketones is 1. The van der Waals surface area contributed by atoms with Gasteiger partial charge in [0.15, 0.2) is 12.4 Å². The maximum atomic E-state index is 12.2. The van der Waals surface area contributed by atoms with E-state index in [1.807, 2.05) is 6.07 Å². The van der Waals surface area contributed by atoms with E-state index in [0.29, 0.717) is 15.7 Å². The molecule has 0 aliphatic rings. The molecule has 0 saturated heterocycles. The fourth-order valence-corrected chi connectivity index (χ4v) is 3.17. The zero-order valence-corrected chi connectivity index (χ0v) is 15.1. The van der Waals surface area contributed by atoms with Crippen molar-refractivity contribution >= 4 is 40.4 Å². The van der Waals surface area contributed by atoms with E-state index in [4.69, 9.17) is 27.0 Å². The molecule has 8 heteroatoms. The number of hydrogen-bond donors (Lipinski definition) is 1. The number of rotatable bonds is 6. The molecule has 6 nitrogen and oxygen atoms in total. The first-order valence-corrected chi connectivity index (χ1v) is 8.40. The van der Waals surface area contributed by atoms with Crippen molar-refractivity contribution in [3.63, 3.8) is 0 Å². The molecule has 1 aromatic heterocycles. The van der Waals surface area contributed by atoms with Crippen molar-refractivity contribution < 1.29 is 14.3 Å². The summed E-state index contributed by atoms with van der Waals surface area (Å²) in [7, 11) is 0. The first kappa shape index (κ1) is 18.8. The molecule has 0 amide bonds. The zero-order chi connectivity index (χ0) is 18.6. The van der Waals surface area contributed by atoms with Gasteiger partial charge in [-0.05, 0) is 26.0 Å². The van der Waals surface area contributed by atoms with Gasteiger partial charge in [0.2, 0.25) is 0 Å². The van der Waals surface area contributed by atoms with Gasteiger partial charge in [0.05, 0.1) is 11.8 Å². The minimum absolute atomic E-state index is 0.0826. The minimum atomic E-state index is -1.20. The van der Waals surface area contributed by atoms with Crippen LogP contribution in [0, 0.1) is 29.6 Å². The number of nitrogens with zero attached hydrogens (tertiary/aromatic N) is 2. The van der Waals surface area contributed by atoms with Crippen LogP contribution in [0.25, 0.3) is 10.6 Å². The van der Waals surface area contributed by atoms with Crippen molar-refractivity contribution in [3.8, 4) is 16.6 Å². The van der Waals surface area contributed by atoms with Crippen LogP contribution in [0.4, 0.5) is 0 Å². The van der Waals surface area contributed by atoms with Gasteiger partial charge in [-0.1, -0.05) is 23.7 Å². The molecule has 0 aliphatic carbocycles. The summed E-state index contributed by atoms with van der Waals surface area (Å²) >= 11 is 7.10. The highest BCUT2D eigenvalue weighted by atomic mass is 35.5. The number of carbonyl (C=O) groups excluding carboxylic acids is 2. The fourth-order valence-electron chi connectivity index (χ4n) is 2.03. The summed E-state index contributed by atoms with van der Waals surface area (Å²) in [4.78, 5) is 28.6. The summed E-state index contributed by atoms with van der Waals surface area (Å²) in [6.45, 7) is 2.47. The third-order valence-corrected chi connectivity index (χ3v) is 4.70. The average Bonchev–Trinajstić information content (AvgIpc) is 2.95. The number of aryl methyl sites for hydroxylation is 1. The molecule has 0 fully saturated rings. The number of Topliss-reactive ketones (excluding diaryl/α,β-unsaturated/α-hetero) is 1. The van der Waals surface area contributed by atoms with Crippen molar-refractivity contribution in [2.45, 2.75) is 13.8 Å². The Morgan fingerprint density at radius 1 is 1.48 bits per heavy atom. The molecule has 1 atom stereocenters. The number of halogens is 1. The van der Waals surface area contributed by atoms with E-state index in [2.05, 4.69) is 4.98 Å². The Kier molecular flexibility index (Phi) is 6.02. The standard InChI is InChI=1S/C17H14ClN3O3S/c1-9(20)13(7-19)14(22)8-24-17(23)15-10(2)21-16(25-15)11-4-3-5-12(18)6-11/h3-6,13,20H,8H2,1-2H3/t13-/m1/s1. The molecule has 128 valence electrons. The lowest BCUT2D eigenvalue weighted by Crippen LogP contribution is -2.25.